The molecule has 2 fully saturated rings. The number of benzene rings is 1. The number of piperidine rings is 1. The van der Waals surface area contributed by atoms with Gasteiger partial charge in [0.15, 0.2) is 5.65 Å². The lowest BCUT2D eigenvalue weighted by molar-refractivity contribution is 0.0600. The lowest BCUT2D eigenvalue weighted by atomic mass is 9.98. The molecule has 4 heterocycles. The summed E-state index contributed by atoms with van der Waals surface area (Å²) in [7, 11) is 0. The zero-order chi connectivity index (χ0) is 24.0. The van der Waals surface area contributed by atoms with Crippen LogP contribution in [0.25, 0.3) is 5.65 Å². The van der Waals surface area contributed by atoms with E-state index in [2.05, 4.69) is 11.2 Å². The highest BCUT2D eigenvalue weighted by molar-refractivity contribution is 5.94. The van der Waals surface area contributed by atoms with Gasteiger partial charge in [0.1, 0.15) is 17.5 Å². The molecule has 1 amide bonds. The summed E-state index contributed by atoms with van der Waals surface area (Å²) in [6.07, 6.45) is 3.47. The quantitative estimate of drug-likeness (QED) is 0.637. The van der Waals surface area contributed by atoms with Crippen molar-refractivity contribution in [1.82, 2.24) is 19.5 Å². The summed E-state index contributed by atoms with van der Waals surface area (Å²) in [6.45, 7) is 3.07. The average molecular weight is 466 g/mol. The third-order valence-electron chi connectivity index (χ3n) is 6.64. The van der Waals surface area contributed by atoms with Crippen molar-refractivity contribution in [1.29, 1.82) is 5.26 Å². The number of fused-ring (bicyclic) bond motifs is 1. The number of likely N-dealkylation sites (tertiary alicyclic amines) is 1. The number of hydrogen-bond acceptors (Lipinski definition) is 6. The molecule has 176 valence electrons. The first-order chi connectivity index (χ1) is 16.4. The van der Waals surface area contributed by atoms with Gasteiger partial charge in [-0.2, -0.15) is 10.4 Å². The van der Waals surface area contributed by atoms with Crippen LogP contribution in [0.15, 0.2) is 30.5 Å². The Morgan fingerprint density at radius 1 is 1.24 bits per heavy atom. The molecule has 1 N–H and O–H groups in total. The number of aliphatic hydroxyl groups excluding tert-OH is 1. The van der Waals surface area contributed by atoms with Crippen molar-refractivity contribution in [2.75, 3.05) is 24.5 Å². The van der Waals surface area contributed by atoms with Crippen LogP contribution in [0, 0.1) is 35.8 Å². The van der Waals surface area contributed by atoms with E-state index in [9.17, 15) is 23.9 Å². The molecule has 2 aromatic heterocycles. The summed E-state index contributed by atoms with van der Waals surface area (Å²) in [6, 6.07) is 6.57. The Kier molecular flexibility index (Phi) is 5.65. The van der Waals surface area contributed by atoms with Crippen LogP contribution in [0.4, 0.5) is 14.6 Å². The number of nitrogens with zero attached hydrogens (tertiary/aromatic N) is 6. The van der Waals surface area contributed by atoms with Crippen molar-refractivity contribution in [2.45, 2.75) is 38.3 Å². The molecule has 3 aromatic rings. The molecule has 0 unspecified atom stereocenters. The Balaban J connectivity index is 1.46. The van der Waals surface area contributed by atoms with Crippen molar-refractivity contribution < 1.29 is 18.7 Å². The van der Waals surface area contributed by atoms with Crippen molar-refractivity contribution in [3.63, 3.8) is 0 Å². The SMILES string of the molecule is Cc1cn2nc([C@@H]3CCCCN3C(=O)c3ccc(F)cc3F)cc2nc1N1C[C@@H](C#N)[C@@H](O)C1. The first-order valence-electron chi connectivity index (χ1n) is 11.3. The molecule has 0 spiro atoms. The fraction of sp³-hybridized carbons (Fsp3) is 0.417. The van der Waals surface area contributed by atoms with Crippen LogP contribution in [0.3, 0.4) is 0 Å². The van der Waals surface area contributed by atoms with Crippen molar-refractivity contribution in [3.05, 3.63) is 58.9 Å². The Morgan fingerprint density at radius 2 is 2.06 bits per heavy atom. The highest BCUT2D eigenvalue weighted by Crippen LogP contribution is 2.33. The van der Waals surface area contributed by atoms with E-state index in [1.807, 2.05) is 24.1 Å². The van der Waals surface area contributed by atoms with Crippen LogP contribution >= 0.6 is 0 Å². The van der Waals surface area contributed by atoms with Gasteiger partial charge >= 0.3 is 0 Å². The van der Waals surface area contributed by atoms with Gasteiger partial charge in [0.05, 0.1) is 35.4 Å². The minimum Gasteiger partial charge on any atom is -0.390 e. The first-order valence-corrected chi connectivity index (χ1v) is 11.3. The lowest BCUT2D eigenvalue weighted by Gasteiger charge is -2.34. The van der Waals surface area contributed by atoms with Gasteiger partial charge in [-0.15, -0.1) is 0 Å². The fourth-order valence-corrected chi connectivity index (χ4v) is 4.89. The Morgan fingerprint density at radius 3 is 2.79 bits per heavy atom. The van der Waals surface area contributed by atoms with Crippen LogP contribution in [0.2, 0.25) is 0 Å². The third kappa shape index (κ3) is 3.86. The molecule has 0 radical (unpaired) electrons. The molecule has 2 saturated heterocycles. The molecule has 0 aliphatic carbocycles. The van der Waals surface area contributed by atoms with E-state index < -0.39 is 29.6 Å². The number of amides is 1. The van der Waals surface area contributed by atoms with Crippen LogP contribution in [0.5, 0.6) is 0 Å². The number of carbonyl (C=O) groups is 1. The van der Waals surface area contributed by atoms with E-state index in [0.717, 1.165) is 30.5 Å². The van der Waals surface area contributed by atoms with Gasteiger partial charge in [0.2, 0.25) is 0 Å². The van der Waals surface area contributed by atoms with Crippen LogP contribution in [-0.2, 0) is 0 Å². The highest BCUT2D eigenvalue weighted by atomic mass is 19.1. The number of anilines is 1. The minimum atomic E-state index is -0.880. The average Bonchev–Trinajstić information content (AvgIpc) is 3.40. The van der Waals surface area contributed by atoms with Crippen molar-refractivity contribution >= 4 is 17.4 Å². The summed E-state index contributed by atoms with van der Waals surface area (Å²) >= 11 is 0. The number of nitriles is 1. The van der Waals surface area contributed by atoms with E-state index in [1.165, 1.54) is 6.07 Å². The van der Waals surface area contributed by atoms with Crippen LogP contribution in [0.1, 0.15) is 46.9 Å². The van der Waals surface area contributed by atoms with E-state index in [-0.39, 0.29) is 11.6 Å². The summed E-state index contributed by atoms with van der Waals surface area (Å²) in [5, 5.41) is 24.0. The standard InChI is InChI=1S/C24H24F2N6O2/c1-14-11-32-22(28-23(14)30-12-15(10-27)21(33)13-30)9-19(29-32)20-4-2-3-7-31(20)24(34)17-6-5-16(25)8-18(17)26/h5-6,8-9,11,15,20-21,33H,2-4,7,12-13H2,1H3/t15-,20+,21+/m1/s1. The van der Waals surface area contributed by atoms with E-state index in [0.29, 0.717) is 43.2 Å². The maximum Gasteiger partial charge on any atom is 0.257 e. The maximum atomic E-state index is 14.3. The topological polar surface area (TPSA) is 97.8 Å². The Hall–Kier alpha value is -3.58. The monoisotopic (exact) mass is 466 g/mol. The zero-order valence-electron chi connectivity index (χ0n) is 18.7. The van der Waals surface area contributed by atoms with Gasteiger partial charge in [0.25, 0.3) is 5.91 Å². The second-order valence-corrected chi connectivity index (χ2v) is 8.96. The number of aryl methyl sites for hydroxylation is 1. The zero-order valence-corrected chi connectivity index (χ0v) is 18.7. The molecule has 2 aliphatic rings. The smallest absolute Gasteiger partial charge is 0.257 e. The number of rotatable bonds is 3. The molecule has 5 rings (SSSR count). The number of carbonyl (C=O) groups excluding carboxylic acids is 1. The van der Waals surface area contributed by atoms with Gasteiger partial charge in [-0.25, -0.2) is 18.3 Å². The summed E-state index contributed by atoms with van der Waals surface area (Å²) in [5.41, 5.74) is 1.92. The normalized spacial score (nSPS) is 22.9. The molecule has 0 bridgehead atoms. The number of aromatic nitrogens is 3. The summed E-state index contributed by atoms with van der Waals surface area (Å²) in [5.74, 6) is -1.88. The molecular formula is C24H24F2N6O2. The van der Waals surface area contributed by atoms with Crippen LogP contribution in [-0.4, -0.2) is 56.2 Å². The third-order valence-corrected chi connectivity index (χ3v) is 6.64. The van der Waals surface area contributed by atoms with Crippen molar-refractivity contribution in [2.24, 2.45) is 5.92 Å². The second-order valence-electron chi connectivity index (χ2n) is 8.96. The van der Waals surface area contributed by atoms with Gasteiger partial charge in [0, 0.05) is 43.5 Å². The summed E-state index contributed by atoms with van der Waals surface area (Å²) < 4.78 is 29.3. The van der Waals surface area contributed by atoms with Gasteiger partial charge in [-0.05, 0) is 38.3 Å². The Labute approximate surface area is 195 Å². The number of aliphatic hydroxyl groups is 1. The maximum absolute atomic E-state index is 14.3. The lowest BCUT2D eigenvalue weighted by Crippen LogP contribution is -2.39. The van der Waals surface area contributed by atoms with Gasteiger partial charge in [-0.3, -0.25) is 4.79 Å². The molecule has 3 atom stereocenters. The predicted molar refractivity (Wildman–Crippen MR) is 119 cm³/mol. The summed E-state index contributed by atoms with van der Waals surface area (Å²) in [4.78, 5) is 21.4. The molecule has 10 heteroatoms. The molecular weight excluding hydrogens is 442 g/mol. The van der Waals surface area contributed by atoms with Gasteiger partial charge < -0.3 is 14.9 Å². The largest absolute Gasteiger partial charge is 0.390 e. The molecule has 8 nitrogen and oxygen atoms in total. The van der Waals surface area contributed by atoms with E-state index >= 15 is 0 Å². The predicted octanol–water partition coefficient (Wildman–Crippen LogP) is 3.00. The highest BCUT2D eigenvalue weighted by Gasteiger charge is 2.34. The number of halogens is 2. The Bertz CT molecular complexity index is 1300. The van der Waals surface area contributed by atoms with Crippen LogP contribution < -0.4 is 4.90 Å². The molecule has 0 saturated carbocycles. The molecule has 2 aliphatic heterocycles. The van der Waals surface area contributed by atoms with E-state index in [1.54, 1.807) is 9.42 Å². The fourth-order valence-electron chi connectivity index (χ4n) is 4.89. The number of hydrogen-bond donors (Lipinski definition) is 1. The van der Waals surface area contributed by atoms with Crippen molar-refractivity contribution in [3.8, 4) is 6.07 Å². The number of β-amino-alcohol motifs (C(OH)–C–C–N with tert-alkyl or cyclic N) is 1. The first kappa shape index (κ1) is 22.2. The molecule has 34 heavy (non-hydrogen) atoms. The molecule has 1 aromatic carbocycles. The second kappa shape index (κ2) is 8.65. The van der Waals surface area contributed by atoms with Gasteiger partial charge in [-0.1, -0.05) is 0 Å². The minimum absolute atomic E-state index is 0.159. The van der Waals surface area contributed by atoms with E-state index in [4.69, 9.17) is 4.98 Å².